The number of nitrogens with zero attached hydrogens (tertiary/aromatic N) is 3. The van der Waals surface area contributed by atoms with Crippen LogP contribution in [0.3, 0.4) is 0 Å². The number of carbonyl (C=O) groups excluding carboxylic acids is 2. The number of ether oxygens (including phenoxy) is 2. The van der Waals surface area contributed by atoms with Crippen molar-refractivity contribution in [1.29, 1.82) is 0 Å². The Hall–Kier alpha value is -3.06. The molecule has 2 aliphatic rings. The molecule has 0 radical (unpaired) electrons. The summed E-state index contributed by atoms with van der Waals surface area (Å²) in [4.78, 5) is 31.1. The van der Waals surface area contributed by atoms with Crippen molar-refractivity contribution in [3.05, 3.63) is 53.6 Å². The summed E-state index contributed by atoms with van der Waals surface area (Å²) in [6.45, 7) is 4.38. The Labute approximate surface area is 183 Å². The van der Waals surface area contributed by atoms with Crippen molar-refractivity contribution in [2.45, 2.75) is 19.4 Å². The molecule has 0 saturated carbocycles. The summed E-state index contributed by atoms with van der Waals surface area (Å²) < 4.78 is 10.8. The minimum Gasteiger partial charge on any atom is -0.497 e. The largest absolute Gasteiger partial charge is 0.497 e. The van der Waals surface area contributed by atoms with Crippen LogP contribution < -0.4 is 14.4 Å². The van der Waals surface area contributed by atoms with Crippen LogP contribution in [-0.4, -0.2) is 68.6 Å². The second kappa shape index (κ2) is 9.39. The monoisotopic (exact) mass is 423 g/mol. The smallest absolute Gasteiger partial charge is 0.254 e. The standard InChI is InChI=1S/C24H29N3O4/c1-30-21-8-9-22(31-2)19(16-21)17-25-11-13-26(14-12-25)24(29)18-5-3-6-20(15-18)27-10-4-7-23(27)28/h3,5-6,8-9,15-16H,4,7,10-14,17H2,1-2H3. The number of rotatable bonds is 6. The van der Waals surface area contributed by atoms with E-state index in [2.05, 4.69) is 4.90 Å². The molecule has 4 rings (SSSR count). The van der Waals surface area contributed by atoms with Gasteiger partial charge in [0.25, 0.3) is 5.91 Å². The number of methoxy groups -OCH3 is 2. The molecule has 7 nitrogen and oxygen atoms in total. The molecular formula is C24H29N3O4. The molecule has 2 aromatic carbocycles. The molecular weight excluding hydrogens is 394 g/mol. The summed E-state index contributed by atoms with van der Waals surface area (Å²) >= 11 is 0. The first-order chi connectivity index (χ1) is 15.1. The fourth-order valence-corrected chi connectivity index (χ4v) is 4.27. The Kier molecular flexibility index (Phi) is 6.42. The zero-order valence-corrected chi connectivity index (χ0v) is 18.2. The normalized spacial score (nSPS) is 17.2. The average Bonchev–Trinajstić information content (AvgIpc) is 3.25. The zero-order valence-electron chi connectivity index (χ0n) is 18.2. The van der Waals surface area contributed by atoms with Gasteiger partial charge in [0.2, 0.25) is 5.91 Å². The lowest BCUT2D eigenvalue weighted by Crippen LogP contribution is -2.48. The van der Waals surface area contributed by atoms with Gasteiger partial charge in [0, 0.05) is 62.5 Å². The van der Waals surface area contributed by atoms with Crippen molar-refractivity contribution in [3.8, 4) is 11.5 Å². The maximum absolute atomic E-state index is 13.1. The van der Waals surface area contributed by atoms with Crippen LogP contribution in [0.25, 0.3) is 0 Å². The van der Waals surface area contributed by atoms with Crippen LogP contribution in [0.5, 0.6) is 11.5 Å². The van der Waals surface area contributed by atoms with E-state index >= 15 is 0 Å². The minimum absolute atomic E-state index is 0.0205. The molecule has 2 heterocycles. The highest BCUT2D eigenvalue weighted by Gasteiger charge is 2.25. The molecule has 0 N–H and O–H groups in total. The summed E-state index contributed by atoms with van der Waals surface area (Å²) in [5.41, 5.74) is 2.53. The van der Waals surface area contributed by atoms with Crippen molar-refractivity contribution in [1.82, 2.24) is 9.80 Å². The van der Waals surface area contributed by atoms with Crippen LogP contribution in [0.1, 0.15) is 28.8 Å². The fraction of sp³-hybridized carbons (Fsp3) is 0.417. The highest BCUT2D eigenvalue weighted by Crippen LogP contribution is 2.26. The SMILES string of the molecule is COc1ccc(OC)c(CN2CCN(C(=O)c3cccc(N4CCCC4=O)c3)CC2)c1. The van der Waals surface area contributed by atoms with Gasteiger partial charge in [0.05, 0.1) is 14.2 Å². The minimum atomic E-state index is 0.0205. The fourth-order valence-electron chi connectivity index (χ4n) is 4.27. The van der Waals surface area contributed by atoms with Gasteiger partial charge in [-0.2, -0.15) is 0 Å². The summed E-state index contributed by atoms with van der Waals surface area (Å²) in [6.07, 6.45) is 1.45. The van der Waals surface area contributed by atoms with Gasteiger partial charge in [-0.3, -0.25) is 14.5 Å². The predicted octanol–water partition coefficient (Wildman–Crippen LogP) is 2.79. The van der Waals surface area contributed by atoms with E-state index in [1.54, 1.807) is 19.1 Å². The van der Waals surface area contributed by atoms with Crippen LogP contribution in [0, 0.1) is 0 Å². The number of amides is 2. The summed E-state index contributed by atoms with van der Waals surface area (Å²) in [6, 6.07) is 13.3. The number of carbonyl (C=O) groups is 2. The third-order valence-electron chi connectivity index (χ3n) is 6.02. The van der Waals surface area contributed by atoms with Gasteiger partial charge in [-0.1, -0.05) is 6.07 Å². The highest BCUT2D eigenvalue weighted by atomic mass is 16.5. The van der Waals surface area contributed by atoms with Gasteiger partial charge < -0.3 is 19.3 Å². The van der Waals surface area contributed by atoms with E-state index < -0.39 is 0 Å². The van der Waals surface area contributed by atoms with Gasteiger partial charge in [0.1, 0.15) is 11.5 Å². The zero-order chi connectivity index (χ0) is 21.8. The second-order valence-corrected chi connectivity index (χ2v) is 7.95. The molecule has 0 bridgehead atoms. The molecule has 0 spiro atoms. The van der Waals surface area contributed by atoms with E-state index in [0.29, 0.717) is 25.1 Å². The molecule has 2 saturated heterocycles. The molecule has 2 amide bonds. The molecule has 0 aromatic heterocycles. The van der Waals surface area contributed by atoms with Crippen LogP contribution in [0.4, 0.5) is 5.69 Å². The molecule has 2 aromatic rings. The maximum atomic E-state index is 13.1. The third kappa shape index (κ3) is 4.66. The lowest BCUT2D eigenvalue weighted by molar-refractivity contribution is -0.117. The molecule has 0 unspecified atom stereocenters. The Balaban J connectivity index is 1.38. The first kappa shape index (κ1) is 21.2. The molecule has 164 valence electrons. The van der Waals surface area contributed by atoms with Crippen LogP contribution >= 0.6 is 0 Å². The number of piperazine rings is 1. The quantitative estimate of drug-likeness (QED) is 0.715. The topological polar surface area (TPSA) is 62.3 Å². The maximum Gasteiger partial charge on any atom is 0.254 e. The molecule has 2 fully saturated rings. The lowest BCUT2D eigenvalue weighted by Gasteiger charge is -2.35. The number of hydrogen-bond acceptors (Lipinski definition) is 5. The van der Waals surface area contributed by atoms with Crippen molar-refractivity contribution < 1.29 is 19.1 Å². The molecule has 2 aliphatic heterocycles. The van der Waals surface area contributed by atoms with E-state index in [-0.39, 0.29) is 11.8 Å². The van der Waals surface area contributed by atoms with Gasteiger partial charge in [-0.15, -0.1) is 0 Å². The van der Waals surface area contributed by atoms with Gasteiger partial charge >= 0.3 is 0 Å². The van der Waals surface area contributed by atoms with Crippen LogP contribution in [-0.2, 0) is 11.3 Å². The summed E-state index contributed by atoms with van der Waals surface area (Å²) in [5.74, 6) is 1.80. The van der Waals surface area contributed by atoms with E-state index in [9.17, 15) is 9.59 Å². The number of anilines is 1. The number of hydrogen-bond donors (Lipinski definition) is 0. The Bertz CT molecular complexity index is 954. The molecule has 31 heavy (non-hydrogen) atoms. The van der Waals surface area contributed by atoms with Gasteiger partial charge in [-0.05, 0) is 42.8 Å². The summed E-state index contributed by atoms with van der Waals surface area (Å²) in [5, 5.41) is 0. The first-order valence-electron chi connectivity index (χ1n) is 10.7. The van der Waals surface area contributed by atoms with Crippen molar-refractivity contribution in [3.63, 3.8) is 0 Å². The lowest BCUT2D eigenvalue weighted by atomic mass is 10.1. The van der Waals surface area contributed by atoms with Crippen LogP contribution in [0.2, 0.25) is 0 Å². The van der Waals surface area contributed by atoms with E-state index in [4.69, 9.17) is 9.47 Å². The average molecular weight is 424 g/mol. The Morgan fingerprint density at radius 3 is 2.45 bits per heavy atom. The first-order valence-corrected chi connectivity index (χ1v) is 10.7. The second-order valence-electron chi connectivity index (χ2n) is 7.95. The highest BCUT2D eigenvalue weighted by molar-refractivity contribution is 5.99. The van der Waals surface area contributed by atoms with Crippen molar-refractivity contribution in [2.75, 3.05) is 51.8 Å². The Morgan fingerprint density at radius 2 is 1.77 bits per heavy atom. The summed E-state index contributed by atoms with van der Waals surface area (Å²) in [7, 11) is 3.33. The molecule has 7 heteroatoms. The molecule has 0 atom stereocenters. The van der Waals surface area contributed by atoms with E-state index in [1.807, 2.05) is 47.4 Å². The third-order valence-corrected chi connectivity index (χ3v) is 6.02. The van der Waals surface area contributed by atoms with Gasteiger partial charge in [0.15, 0.2) is 0 Å². The van der Waals surface area contributed by atoms with E-state index in [1.165, 1.54) is 0 Å². The van der Waals surface area contributed by atoms with Gasteiger partial charge in [-0.25, -0.2) is 0 Å². The number of benzene rings is 2. The van der Waals surface area contributed by atoms with Crippen molar-refractivity contribution >= 4 is 17.5 Å². The molecule has 0 aliphatic carbocycles. The predicted molar refractivity (Wildman–Crippen MR) is 119 cm³/mol. The van der Waals surface area contributed by atoms with Crippen molar-refractivity contribution in [2.24, 2.45) is 0 Å². The Morgan fingerprint density at radius 1 is 0.968 bits per heavy atom. The van der Waals surface area contributed by atoms with E-state index in [0.717, 1.165) is 55.3 Å². The van der Waals surface area contributed by atoms with Crippen LogP contribution in [0.15, 0.2) is 42.5 Å².